The maximum Gasteiger partial charge on any atom is 0.269 e. The van der Waals surface area contributed by atoms with Crippen LogP contribution in [0, 0.1) is 5.82 Å². The van der Waals surface area contributed by atoms with Gasteiger partial charge in [-0.1, -0.05) is 5.11 Å². The molecule has 1 amide bonds. The molecule has 0 bridgehead atoms. The number of pyridine rings is 1. The molecule has 0 spiro atoms. The van der Waals surface area contributed by atoms with Gasteiger partial charge in [0.15, 0.2) is 0 Å². The average Bonchev–Trinajstić information content (AvgIpc) is 2.29. The Morgan fingerprint density at radius 1 is 1.62 bits per heavy atom. The number of carbonyl (C=O) groups excluding carboxylic acids is 1. The van der Waals surface area contributed by atoms with Gasteiger partial charge in [0.2, 0.25) is 0 Å². The second-order valence-electron chi connectivity index (χ2n) is 2.93. The molecular formula is C9H10FN5O. The first-order valence-corrected chi connectivity index (χ1v) is 4.64. The van der Waals surface area contributed by atoms with Gasteiger partial charge in [-0.15, -0.1) is 0 Å². The van der Waals surface area contributed by atoms with Crippen LogP contribution in [0.25, 0.3) is 10.4 Å². The Balaban J connectivity index is 2.35. The first-order valence-electron chi connectivity index (χ1n) is 4.64. The third kappa shape index (κ3) is 3.93. The lowest BCUT2D eigenvalue weighted by Crippen LogP contribution is -2.25. The molecule has 7 heteroatoms. The van der Waals surface area contributed by atoms with Crippen molar-refractivity contribution in [2.45, 2.75) is 6.42 Å². The van der Waals surface area contributed by atoms with Gasteiger partial charge in [-0.25, -0.2) is 9.37 Å². The van der Waals surface area contributed by atoms with E-state index in [1.165, 1.54) is 12.1 Å². The van der Waals surface area contributed by atoms with Gasteiger partial charge >= 0.3 is 0 Å². The van der Waals surface area contributed by atoms with Gasteiger partial charge in [-0.2, -0.15) is 0 Å². The van der Waals surface area contributed by atoms with Gasteiger partial charge in [0.25, 0.3) is 5.91 Å². The number of carbonyl (C=O) groups is 1. The minimum Gasteiger partial charge on any atom is -0.351 e. The minimum atomic E-state index is -0.486. The Morgan fingerprint density at radius 2 is 2.44 bits per heavy atom. The largest absolute Gasteiger partial charge is 0.351 e. The normalized spacial score (nSPS) is 9.31. The van der Waals surface area contributed by atoms with Crippen molar-refractivity contribution in [1.29, 1.82) is 0 Å². The van der Waals surface area contributed by atoms with Crippen LogP contribution in [0.15, 0.2) is 23.4 Å². The van der Waals surface area contributed by atoms with Crippen molar-refractivity contribution in [3.05, 3.63) is 40.3 Å². The monoisotopic (exact) mass is 223 g/mol. The molecule has 0 aromatic carbocycles. The summed E-state index contributed by atoms with van der Waals surface area (Å²) in [6, 6.07) is 2.47. The van der Waals surface area contributed by atoms with E-state index in [0.717, 1.165) is 6.20 Å². The number of nitrogens with zero attached hydrogens (tertiary/aromatic N) is 4. The molecule has 1 heterocycles. The van der Waals surface area contributed by atoms with Crippen molar-refractivity contribution >= 4 is 5.91 Å². The van der Waals surface area contributed by atoms with Crippen LogP contribution in [0.3, 0.4) is 0 Å². The van der Waals surface area contributed by atoms with Crippen LogP contribution in [0.4, 0.5) is 4.39 Å². The number of hydrogen-bond acceptors (Lipinski definition) is 3. The smallest absolute Gasteiger partial charge is 0.269 e. The molecule has 6 nitrogen and oxygen atoms in total. The van der Waals surface area contributed by atoms with Crippen LogP contribution in [0.2, 0.25) is 0 Å². The van der Waals surface area contributed by atoms with Crippen molar-refractivity contribution < 1.29 is 9.18 Å². The Morgan fingerprint density at radius 3 is 3.06 bits per heavy atom. The predicted octanol–water partition coefficient (Wildman–Crippen LogP) is 1.65. The van der Waals surface area contributed by atoms with Crippen molar-refractivity contribution in [3.63, 3.8) is 0 Å². The zero-order valence-electron chi connectivity index (χ0n) is 8.43. The molecule has 16 heavy (non-hydrogen) atoms. The third-order valence-electron chi connectivity index (χ3n) is 1.74. The summed E-state index contributed by atoms with van der Waals surface area (Å²) in [5, 5.41) is 5.89. The standard InChI is InChI=1S/C9H10FN5O/c10-7-2-3-8(13-6-7)9(16)12-4-1-5-14-15-11/h2-3,6H,1,4-5H2,(H,12,16). The lowest BCUT2D eigenvalue weighted by atomic mass is 10.3. The van der Waals surface area contributed by atoms with E-state index in [1.807, 2.05) is 0 Å². The van der Waals surface area contributed by atoms with Crippen molar-refractivity contribution in [3.8, 4) is 0 Å². The summed E-state index contributed by atoms with van der Waals surface area (Å²) in [5.41, 5.74) is 8.16. The summed E-state index contributed by atoms with van der Waals surface area (Å²) >= 11 is 0. The number of aromatic nitrogens is 1. The van der Waals surface area contributed by atoms with E-state index in [1.54, 1.807) is 0 Å². The van der Waals surface area contributed by atoms with Gasteiger partial charge in [0.05, 0.1) is 6.20 Å². The van der Waals surface area contributed by atoms with Crippen LogP contribution in [-0.4, -0.2) is 24.0 Å². The second-order valence-corrected chi connectivity index (χ2v) is 2.93. The Labute approximate surface area is 91.1 Å². The summed E-state index contributed by atoms with van der Waals surface area (Å²) in [5.74, 6) is -0.860. The van der Waals surface area contributed by atoms with Crippen LogP contribution >= 0.6 is 0 Å². The SMILES string of the molecule is [N-]=[N+]=NCCCNC(=O)c1ccc(F)cn1. The molecule has 0 saturated heterocycles. The number of azide groups is 1. The highest BCUT2D eigenvalue weighted by atomic mass is 19.1. The lowest BCUT2D eigenvalue weighted by molar-refractivity contribution is 0.0948. The van der Waals surface area contributed by atoms with Gasteiger partial charge in [-0.05, 0) is 24.1 Å². The van der Waals surface area contributed by atoms with E-state index >= 15 is 0 Å². The van der Waals surface area contributed by atoms with Gasteiger partial charge in [-0.3, -0.25) is 4.79 Å². The molecule has 1 rings (SSSR count). The fraction of sp³-hybridized carbons (Fsp3) is 0.333. The topological polar surface area (TPSA) is 90.8 Å². The molecule has 0 fully saturated rings. The molecule has 0 atom stereocenters. The molecule has 0 radical (unpaired) electrons. The molecule has 84 valence electrons. The number of halogens is 1. The molecule has 0 aliphatic carbocycles. The molecule has 1 N–H and O–H groups in total. The van der Waals surface area contributed by atoms with Gasteiger partial charge in [0, 0.05) is 18.0 Å². The van der Waals surface area contributed by atoms with Crippen LogP contribution in [0.1, 0.15) is 16.9 Å². The first-order chi connectivity index (χ1) is 7.74. The van der Waals surface area contributed by atoms with Crippen molar-refractivity contribution in [2.75, 3.05) is 13.1 Å². The van der Waals surface area contributed by atoms with Crippen molar-refractivity contribution in [2.24, 2.45) is 5.11 Å². The maximum atomic E-state index is 12.5. The molecule has 0 aliphatic rings. The zero-order valence-corrected chi connectivity index (χ0v) is 8.43. The van der Waals surface area contributed by atoms with Crippen molar-refractivity contribution in [1.82, 2.24) is 10.3 Å². The molecular weight excluding hydrogens is 213 g/mol. The average molecular weight is 223 g/mol. The molecule has 1 aromatic heterocycles. The summed E-state index contributed by atoms with van der Waals surface area (Å²) in [6.45, 7) is 0.713. The molecule has 0 unspecified atom stereocenters. The number of nitrogens with one attached hydrogen (secondary N) is 1. The van der Waals surface area contributed by atoms with Crippen LogP contribution < -0.4 is 5.32 Å². The molecule has 0 saturated carbocycles. The first kappa shape index (κ1) is 11.9. The number of rotatable bonds is 5. The molecule has 1 aromatic rings. The quantitative estimate of drug-likeness (QED) is 0.356. The summed E-state index contributed by atoms with van der Waals surface area (Å²) < 4.78 is 12.5. The van der Waals surface area contributed by atoms with Gasteiger partial charge in [0.1, 0.15) is 11.5 Å². The molecule has 0 aliphatic heterocycles. The van der Waals surface area contributed by atoms with E-state index in [-0.39, 0.29) is 11.6 Å². The zero-order chi connectivity index (χ0) is 11.8. The van der Waals surface area contributed by atoms with Crippen LogP contribution in [0.5, 0.6) is 0 Å². The van der Waals surface area contributed by atoms with Crippen LogP contribution in [-0.2, 0) is 0 Å². The lowest BCUT2D eigenvalue weighted by Gasteiger charge is -2.02. The Hall–Kier alpha value is -2.14. The van der Waals surface area contributed by atoms with E-state index in [0.29, 0.717) is 19.5 Å². The maximum absolute atomic E-state index is 12.5. The van der Waals surface area contributed by atoms with E-state index in [9.17, 15) is 9.18 Å². The predicted molar refractivity (Wildman–Crippen MR) is 55.2 cm³/mol. The van der Waals surface area contributed by atoms with E-state index in [4.69, 9.17) is 5.53 Å². The highest BCUT2D eigenvalue weighted by Crippen LogP contribution is 1.97. The summed E-state index contributed by atoms with van der Waals surface area (Å²) in [4.78, 5) is 17.6. The Bertz CT molecular complexity index is 399. The number of hydrogen-bond donors (Lipinski definition) is 1. The highest BCUT2D eigenvalue weighted by molar-refractivity contribution is 5.92. The van der Waals surface area contributed by atoms with E-state index < -0.39 is 5.82 Å². The van der Waals surface area contributed by atoms with E-state index in [2.05, 4.69) is 20.3 Å². The minimum absolute atomic E-state index is 0.158. The fourth-order valence-corrected chi connectivity index (χ4v) is 0.997. The summed E-state index contributed by atoms with van der Waals surface area (Å²) in [7, 11) is 0. The number of amides is 1. The third-order valence-corrected chi connectivity index (χ3v) is 1.74. The summed E-state index contributed by atoms with van der Waals surface area (Å²) in [6.07, 6.45) is 1.53. The Kier molecular flexibility index (Phi) is 4.75. The highest BCUT2D eigenvalue weighted by Gasteiger charge is 2.05. The second kappa shape index (κ2) is 6.36. The van der Waals surface area contributed by atoms with Gasteiger partial charge < -0.3 is 5.32 Å². The fourth-order valence-electron chi connectivity index (χ4n) is 0.997.